The van der Waals surface area contributed by atoms with E-state index in [1.54, 1.807) is 31.4 Å². The van der Waals surface area contributed by atoms with E-state index >= 15 is 0 Å². The fraction of sp³-hybridized carbons (Fsp3) is 0.316. The Balaban J connectivity index is 1.54. The Labute approximate surface area is 151 Å². The number of thioether (sulfide) groups is 1. The number of pyridine rings is 1. The molecule has 0 spiro atoms. The van der Waals surface area contributed by atoms with Crippen molar-refractivity contribution < 1.29 is 9.53 Å². The highest BCUT2D eigenvalue weighted by Crippen LogP contribution is 2.28. The Morgan fingerprint density at radius 2 is 2.16 bits per heavy atom. The van der Waals surface area contributed by atoms with Crippen LogP contribution in [0.15, 0.2) is 35.4 Å². The standard InChI is InChI=1S/C19H19N3O2S/c1-24-16-7-5-15(6-8-16)21-18(23)9-10-25-19-14(12-20)11-13-3-2-4-17(13)22-19/h5-8,11H,2-4,9-10H2,1H3,(H,21,23). The van der Waals surface area contributed by atoms with Crippen LogP contribution >= 0.6 is 11.8 Å². The fourth-order valence-corrected chi connectivity index (χ4v) is 3.70. The van der Waals surface area contributed by atoms with E-state index in [4.69, 9.17) is 4.74 Å². The number of nitriles is 1. The topological polar surface area (TPSA) is 75.0 Å². The molecule has 1 aliphatic carbocycles. The van der Waals surface area contributed by atoms with Gasteiger partial charge in [0.1, 0.15) is 16.8 Å². The third-order valence-corrected chi connectivity index (χ3v) is 5.07. The molecule has 5 nitrogen and oxygen atoms in total. The monoisotopic (exact) mass is 353 g/mol. The third kappa shape index (κ3) is 4.31. The van der Waals surface area contributed by atoms with E-state index < -0.39 is 0 Å². The van der Waals surface area contributed by atoms with Gasteiger partial charge in [-0.25, -0.2) is 4.98 Å². The summed E-state index contributed by atoms with van der Waals surface area (Å²) in [5.74, 6) is 1.28. The molecule has 6 heteroatoms. The molecule has 3 rings (SSSR count). The average Bonchev–Trinajstić information content (AvgIpc) is 3.09. The van der Waals surface area contributed by atoms with E-state index in [9.17, 15) is 10.1 Å². The molecule has 1 amide bonds. The van der Waals surface area contributed by atoms with E-state index in [-0.39, 0.29) is 5.91 Å². The molecule has 1 aromatic heterocycles. The summed E-state index contributed by atoms with van der Waals surface area (Å²) in [6.07, 6.45) is 3.45. The number of aryl methyl sites for hydroxylation is 2. The number of carbonyl (C=O) groups is 1. The summed E-state index contributed by atoms with van der Waals surface area (Å²) in [6.45, 7) is 0. The molecule has 128 valence electrons. The summed E-state index contributed by atoms with van der Waals surface area (Å²) in [4.78, 5) is 16.7. The molecule has 1 heterocycles. The van der Waals surface area contributed by atoms with Gasteiger partial charge in [0.05, 0.1) is 12.7 Å². The molecule has 25 heavy (non-hydrogen) atoms. The number of nitrogens with zero attached hydrogens (tertiary/aromatic N) is 2. The number of hydrogen-bond acceptors (Lipinski definition) is 5. The molecule has 0 bridgehead atoms. The van der Waals surface area contributed by atoms with Crippen LogP contribution < -0.4 is 10.1 Å². The smallest absolute Gasteiger partial charge is 0.225 e. The van der Waals surface area contributed by atoms with Crippen LogP contribution in [0, 0.1) is 11.3 Å². The Kier molecular flexibility index (Phi) is 5.56. The molecule has 0 fully saturated rings. The first-order valence-electron chi connectivity index (χ1n) is 8.19. The normalized spacial score (nSPS) is 12.3. The molecule has 2 aromatic rings. The maximum Gasteiger partial charge on any atom is 0.225 e. The summed E-state index contributed by atoms with van der Waals surface area (Å²) >= 11 is 1.47. The molecule has 0 atom stereocenters. The minimum atomic E-state index is -0.0580. The maximum absolute atomic E-state index is 12.1. The molecular formula is C19H19N3O2S. The SMILES string of the molecule is COc1ccc(NC(=O)CCSc2nc3c(cc2C#N)CCC3)cc1. The van der Waals surface area contributed by atoms with E-state index in [1.165, 1.54) is 17.3 Å². The molecular weight excluding hydrogens is 334 g/mol. The molecule has 1 aromatic carbocycles. The summed E-state index contributed by atoms with van der Waals surface area (Å²) in [6, 6.07) is 11.4. The van der Waals surface area contributed by atoms with Crippen LogP contribution in [0.1, 0.15) is 29.7 Å². The van der Waals surface area contributed by atoms with Crippen molar-refractivity contribution in [3.63, 3.8) is 0 Å². The molecule has 1 N–H and O–H groups in total. The second-order valence-corrected chi connectivity index (χ2v) is 6.87. The van der Waals surface area contributed by atoms with Gasteiger partial charge in [-0.05, 0) is 55.2 Å². The molecule has 0 aliphatic heterocycles. The van der Waals surface area contributed by atoms with Crippen LogP contribution in [0.5, 0.6) is 5.75 Å². The highest BCUT2D eigenvalue weighted by molar-refractivity contribution is 7.99. The van der Waals surface area contributed by atoms with E-state index in [2.05, 4.69) is 16.4 Å². The van der Waals surface area contributed by atoms with Crippen LogP contribution in [0.4, 0.5) is 5.69 Å². The van der Waals surface area contributed by atoms with Crippen molar-refractivity contribution in [2.45, 2.75) is 30.7 Å². The van der Waals surface area contributed by atoms with Crippen molar-refractivity contribution in [1.82, 2.24) is 4.98 Å². The van der Waals surface area contributed by atoms with Gasteiger partial charge in [-0.2, -0.15) is 5.26 Å². The van der Waals surface area contributed by atoms with Crippen molar-refractivity contribution in [3.8, 4) is 11.8 Å². The van der Waals surface area contributed by atoms with Gasteiger partial charge in [0, 0.05) is 23.6 Å². The van der Waals surface area contributed by atoms with Crippen LogP contribution in [0.3, 0.4) is 0 Å². The second kappa shape index (κ2) is 8.04. The number of carbonyl (C=O) groups excluding carboxylic acids is 1. The van der Waals surface area contributed by atoms with E-state index in [0.29, 0.717) is 17.7 Å². The quantitative estimate of drug-likeness (QED) is 0.804. The molecule has 0 saturated carbocycles. The van der Waals surface area contributed by atoms with Crippen LogP contribution in [-0.4, -0.2) is 23.8 Å². The first-order valence-corrected chi connectivity index (χ1v) is 9.18. The summed E-state index contributed by atoms with van der Waals surface area (Å²) < 4.78 is 5.09. The van der Waals surface area contributed by atoms with Crippen molar-refractivity contribution in [2.75, 3.05) is 18.2 Å². The van der Waals surface area contributed by atoms with Gasteiger partial charge in [0.2, 0.25) is 5.91 Å². The second-order valence-electron chi connectivity index (χ2n) is 5.79. The number of anilines is 1. The molecule has 0 unspecified atom stereocenters. The van der Waals surface area contributed by atoms with Crippen LogP contribution in [0.2, 0.25) is 0 Å². The largest absolute Gasteiger partial charge is 0.497 e. The number of amides is 1. The van der Waals surface area contributed by atoms with Crippen LogP contribution in [-0.2, 0) is 17.6 Å². The number of fused-ring (bicyclic) bond motifs is 1. The van der Waals surface area contributed by atoms with Crippen molar-refractivity contribution in [3.05, 3.63) is 47.2 Å². The minimum absolute atomic E-state index is 0.0580. The highest BCUT2D eigenvalue weighted by Gasteiger charge is 2.16. The zero-order valence-electron chi connectivity index (χ0n) is 14.0. The van der Waals surface area contributed by atoms with Gasteiger partial charge in [-0.15, -0.1) is 11.8 Å². The van der Waals surface area contributed by atoms with Crippen molar-refractivity contribution in [2.24, 2.45) is 0 Å². The van der Waals surface area contributed by atoms with Gasteiger partial charge in [0.15, 0.2) is 0 Å². The van der Waals surface area contributed by atoms with Gasteiger partial charge < -0.3 is 10.1 Å². The number of methoxy groups -OCH3 is 1. The lowest BCUT2D eigenvalue weighted by Gasteiger charge is -2.08. The lowest BCUT2D eigenvalue weighted by atomic mass is 10.2. The van der Waals surface area contributed by atoms with Gasteiger partial charge in [-0.1, -0.05) is 0 Å². The van der Waals surface area contributed by atoms with Crippen molar-refractivity contribution in [1.29, 1.82) is 5.26 Å². The predicted octanol–water partition coefficient (Wildman–Crippen LogP) is 3.57. The lowest BCUT2D eigenvalue weighted by Crippen LogP contribution is -2.12. The number of rotatable bonds is 6. The Hall–Kier alpha value is -2.52. The number of benzene rings is 1. The zero-order valence-corrected chi connectivity index (χ0v) is 14.9. The Morgan fingerprint density at radius 3 is 2.88 bits per heavy atom. The first kappa shape index (κ1) is 17.3. The Bertz CT molecular complexity index is 813. The first-order chi connectivity index (χ1) is 12.2. The lowest BCUT2D eigenvalue weighted by molar-refractivity contribution is -0.115. The summed E-state index contributed by atoms with van der Waals surface area (Å²) in [7, 11) is 1.60. The third-order valence-electron chi connectivity index (χ3n) is 4.08. The molecule has 0 radical (unpaired) electrons. The average molecular weight is 353 g/mol. The predicted molar refractivity (Wildman–Crippen MR) is 97.9 cm³/mol. The van der Waals surface area contributed by atoms with Gasteiger partial charge in [-0.3, -0.25) is 4.79 Å². The van der Waals surface area contributed by atoms with Crippen LogP contribution in [0.25, 0.3) is 0 Å². The fourth-order valence-electron chi connectivity index (χ4n) is 2.78. The van der Waals surface area contributed by atoms with Crippen molar-refractivity contribution >= 4 is 23.4 Å². The molecule has 1 aliphatic rings. The van der Waals surface area contributed by atoms with Gasteiger partial charge >= 0.3 is 0 Å². The maximum atomic E-state index is 12.1. The Morgan fingerprint density at radius 1 is 1.36 bits per heavy atom. The van der Waals surface area contributed by atoms with E-state index in [1.807, 2.05) is 6.07 Å². The summed E-state index contributed by atoms with van der Waals surface area (Å²) in [5, 5.41) is 12.9. The number of ether oxygens (including phenoxy) is 1. The number of aromatic nitrogens is 1. The number of hydrogen-bond donors (Lipinski definition) is 1. The number of nitrogens with one attached hydrogen (secondary N) is 1. The highest BCUT2D eigenvalue weighted by atomic mass is 32.2. The van der Waals surface area contributed by atoms with E-state index in [0.717, 1.165) is 41.4 Å². The minimum Gasteiger partial charge on any atom is -0.497 e. The van der Waals surface area contributed by atoms with Gasteiger partial charge in [0.25, 0.3) is 0 Å². The summed E-state index contributed by atoms with van der Waals surface area (Å²) in [5.41, 5.74) is 3.65. The molecule has 0 saturated heterocycles. The zero-order chi connectivity index (χ0) is 17.6.